The van der Waals surface area contributed by atoms with E-state index < -0.39 is 9.84 Å². The number of hydrogen-bond donors (Lipinski definition) is 1. The van der Waals surface area contributed by atoms with Gasteiger partial charge in [0.1, 0.15) is 4.90 Å². The first-order valence-corrected chi connectivity index (χ1v) is 12.3. The molecule has 0 bridgehead atoms. The number of fused-ring (bicyclic) bond motifs is 1. The van der Waals surface area contributed by atoms with Gasteiger partial charge in [0.2, 0.25) is 0 Å². The fourth-order valence-electron chi connectivity index (χ4n) is 4.11. The monoisotopic (exact) mass is 453 g/mol. The maximum Gasteiger partial charge on any atom is 0.179 e. The predicted octanol–water partition coefficient (Wildman–Crippen LogP) is 4.47. The maximum absolute atomic E-state index is 12.3. The second-order valence-corrected chi connectivity index (χ2v) is 10.2. The van der Waals surface area contributed by atoms with Crippen molar-refractivity contribution in [3.05, 3.63) is 28.9 Å². The third-order valence-corrected chi connectivity index (χ3v) is 7.17. The second-order valence-electron chi connectivity index (χ2n) is 7.30. The van der Waals surface area contributed by atoms with Crippen LogP contribution in [0.5, 0.6) is 0 Å². The molecule has 3 rings (SSSR count). The minimum Gasteiger partial charge on any atom is -0.381 e. The van der Waals surface area contributed by atoms with Gasteiger partial charge < -0.3 is 10.2 Å². The first-order valence-electron chi connectivity index (χ1n) is 9.62. The van der Waals surface area contributed by atoms with Gasteiger partial charge in [0.25, 0.3) is 0 Å². The summed E-state index contributed by atoms with van der Waals surface area (Å²) in [6.45, 7) is 6.60. The van der Waals surface area contributed by atoms with E-state index in [1.165, 1.54) is 12.5 Å². The van der Waals surface area contributed by atoms with Gasteiger partial charge in [-0.25, -0.2) is 8.42 Å². The molecular weight excluding hydrogens is 426 g/mol. The molecule has 0 aliphatic heterocycles. The highest BCUT2D eigenvalue weighted by Crippen LogP contribution is 2.34. The first-order chi connectivity index (χ1) is 12.8. The van der Waals surface area contributed by atoms with Crippen LogP contribution in [0.2, 0.25) is 0 Å². The summed E-state index contributed by atoms with van der Waals surface area (Å²) in [5.74, 6) is 0. The zero-order chi connectivity index (χ0) is 19.6. The van der Waals surface area contributed by atoms with Crippen molar-refractivity contribution in [2.45, 2.75) is 56.5 Å². The van der Waals surface area contributed by atoms with Gasteiger partial charge in [-0.2, -0.15) is 0 Å². The Balaban J connectivity index is 1.89. The summed E-state index contributed by atoms with van der Waals surface area (Å²) in [6.07, 6.45) is 7.09. The number of anilines is 1. The molecule has 0 radical (unpaired) electrons. The van der Waals surface area contributed by atoms with E-state index in [2.05, 4.69) is 45.0 Å². The van der Waals surface area contributed by atoms with Crippen molar-refractivity contribution in [1.82, 2.24) is 9.88 Å². The average molecular weight is 454 g/mol. The quantitative estimate of drug-likeness (QED) is 0.698. The highest BCUT2D eigenvalue weighted by Gasteiger charge is 2.26. The summed E-state index contributed by atoms with van der Waals surface area (Å²) in [5, 5.41) is 4.41. The van der Waals surface area contributed by atoms with Crippen molar-refractivity contribution in [2.24, 2.45) is 0 Å². The Morgan fingerprint density at radius 3 is 2.44 bits per heavy atom. The van der Waals surface area contributed by atoms with Crippen LogP contribution >= 0.6 is 15.9 Å². The highest BCUT2D eigenvalue weighted by atomic mass is 79.9. The minimum atomic E-state index is -3.37. The molecular formula is C20H28BrN3O2S. The van der Waals surface area contributed by atoms with E-state index in [0.717, 1.165) is 54.1 Å². The Morgan fingerprint density at radius 2 is 1.85 bits per heavy atom. The summed E-state index contributed by atoms with van der Waals surface area (Å²) in [5.41, 5.74) is 1.49. The number of pyridine rings is 1. The van der Waals surface area contributed by atoms with Gasteiger partial charge in [-0.15, -0.1) is 0 Å². The molecule has 1 aromatic carbocycles. The molecule has 1 heterocycles. The van der Waals surface area contributed by atoms with Gasteiger partial charge in [0.15, 0.2) is 9.84 Å². The van der Waals surface area contributed by atoms with Crippen LogP contribution in [0.25, 0.3) is 10.9 Å². The van der Waals surface area contributed by atoms with E-state index >= 15 is 0 Å². The van der Waals surface area contributed by atoms with Gasteiger partial charge in [-0.05, 0) is 57.0 Å². The molecule has 0 atom stereocenters. The standard InChI is InChI=1S/C20H28BrN3O2S/c1-4-24(5-2)16-9-7-15(8-10-16)23-20-17-12-14(21)6-11-18(17)22-13-19(20)27(3,25)26/h6,11-13,15-16H,4-5,7-10H2,1-3H3,(H,22,23). The molecule has 1 saturated carbocycles. The Kier molecular flexibility index (Phi) is 6.43. The van der Waals surface area contributed by atoms with Crippen LogP contribution in [0.4, 0.5) is 5.69 Å². The highest BCUT2D eigenvalue weighted by molar-refractivity contribution is 9.10. The minimum absolute atomic E-state index is 0.277. The zero-order valence-corrected chi connectivity index (χ0v) is 18.6. The van der Waals surface area contributed by atoms with Crippen molar-refractivity contribution >= 4 is 42.4 Å². The third kappa shape index (κ3) is 4.63. The van der Waals surface area contributed by atoms with E-state index in [4.69, 9.17) is 0 Å². The van der Waals surface area contributed by atoms with Crippen molar-refractivity contribution in [2.75, 3.05) is 24.7 Å². The molecule has 1 fully saturated rings. The summed E-state index contributed by atoms with van der Waals surface area (Å²) in [6, 6.07) is 6.70. The van der Waals surface area contributed by atoms with Gasteiger partial charge in [-0.3, -0.25) is 4.98 Å². The predicted molar refractivity (Wildman–Crippen MR) is 115 cm³/mol. The number of hydrogen-bond acceptors (Lipinski definition) is 5. The van der Waals surface area contributed by atoms with Crippen LogP contribution in [0.15, 0.2) is 33.8 Å². The van der Waals surface area contributed by atoms with E-state index in [9.17, 15) is 8.42 Å². The Bertz CT molecular complexity index is 905. The number of benzene rings is 1. The lowest BCUT2D eigenvalue weighted by molar-refractivity contribution is 0.167. The summed E-state index contributed by atoms with van der Waals surface area (Å²) >= 11 is 3.50. The maximum atomic E-state index is 12.3. The number of rotatable bonds is 6. The van der Waals surface area contributed by atoms with Crippen LogP contribution in [0.1, 0.15) is 39.5 Å². The van der Waals surface area contributed by atoms with E-state index in [0.29, 0.717) is 11.7 Å². The normalized spacial score (nSPS) is 20.9. The Labute approximate surface area is 170 Å². The van der Waals surface area contributed by atoms with Gasteiger partial charge in [0, 0.05) is 34.4 Å². The molecule has 0 unspecified atom stereocenters. The summed E-state index contributed by atoms with van der Waals surface area (Å²) < 4.78 is 25.6. The lowest BCUT2D eigenvalue weighted by Gasteiger charge is -2.36. The number of aromatic nitrogens is 1. The zero-order valence-electron chi connectivity index (χ0n) is 16.2. The van der Waals surface area contributed by atoms with Crippen LogP contribution in [-0.4, -0.2) is 49.7 Å². The van der Waals surface area contributed by atoms with Gasteiger partial charge in [-0.1, -0.05) is 29.8 Å². The van der Waals surface area contributed by atoms with Gasteiger partial charge >= 0.3 is 0 Å². The molecule has 0 amide bonds. The van der Waals surface area contributed by atoms with Crippen LogP contribution in [-0.2, 0) is 9.84 Å². The third-order valence-electron chi connectivity index (χ3n) is 5.57. The SMILES string of the molecule is CCN(CC)C1CCC(Nc2c(S(C)(=O)=O)cnc3ccc(Br)cc23)CC1. The van der Waals surface area contributed by atoms with Crippen molar-refractivity contribution in [3.63, 3.8) is 0 Å². The van der Waals surface area contributed by atoms with Gasteiger partial charge in [0.05, 0.1) is 11.2 Å². The molecule has 1 aliphatic rings. The average Bonchev–Trinajstić information content (AvgIpc) is 2.63. The van der Waals surface area contributed by atoms with Crippen molar-refractivity contribution < 1.29 is 8.42 Å². The lowest BCUT2D eigenvalue weighted by atomic mass is 9.90. The largest absolute Gasteiger partial charge is 0.381 e. The first kappa shape index (κ1) is 20.6. The molecule has 5 nitrogen and oxygen atoms in total. The molecule has 1 aromatic heterocycles. The number of nitrogens with one attached hydrogen (secondary N) is 1. The fraction of sp³-hybridized carbons (Fsp3) is 0.550. The number of halogens is 1. The second kappa shape index (κ2) is 8.45. The summed E-state index contributed by atoms with van der Waals surface area (Å²) in [4.78, 5) is 7.15. The molecule has 1 aliphatic carbocycles. The molecule has 0 spiro atoms. The molecule has 27 heavy (non-hydrogen) atoms. The molecule has 7 heteroatoms. The number of nitrogens with zero attached hydrogens (tertiary/aromatic N) is 2. The van der Waals surface area contributed by atoms with Crippen LogP contribution in [0.3, 0.4) is 0 Å². The topological polar surface area (TPSA) is 62.3 Å². The number of sulfone groups is 1. The Morgan fingerprint density at radius 1 is 1.19 bits per heavy atom. The van der Waals surface area contributed by atoms with Crippen molar-refractivity contribution in [3.8, 4) is 0 Å². The summed E-state index contributed by atoms with van der Waals surface area (Å²) in [7, 11) is -3.37. The van der Waals surface area contributed by atoms with Crippen LogP contribution < -0.4 is 5.32 Å². The smallest absolute Gasteiger partial charge is 0.179 e. The van der Waals surface area contributed by atoms with Crippen LogP contribution in [0, 0.1) is 0 Å². The van der Waals surface area contributed by atoms with E-state index in [1.54, 1.807) is 0 Å². The molecule has 1 N–H and O–H groups in total. The van der Waals surface area contributed by atoms with Crippen molar-refractivity contribution in [1.29, 1.82) is 0 Å². The van der Waals surface area contributed by atoms with E-state index in [1.807, 2.05) is 18.2 Å². The Hall–Kier alpha value is -1.18. The fourth-order valence-corrected chi connectivity index (χ4v) is 5.25. The lowest BCUT2D eigenvalue weighted by Crippen LogP contribution is -2.40. The van der Waals surface area contributed by atoms with E-state index in [-0.39, 0.29) is 10.9 Å². The molecule has 148 valence electrons. The molecule has 2 aromatic rings. The molecule has 0 saturated heterocycles.